The van der Waals surface area contributed by atoms with Crippen molar-refractivity contribution in [3.05, 3.63) is 41.5 Å². The lowest BCUT2D eigenvalue weighted by Gasteiger charge is -2.21. The number of sulfone groups is 1. The van der Waals surface area contributed by atoms with Crippen molar-refractivity contribution in [2.24, 2.45) is 0 Å². The summed E-state index contributed by atoms with van der Waals surface area (Å²) < 4.78 is 58.2. The van der Waals surface area contributed by atoms with Gasteiger partial charge in [-0.15, -0.1) is 0 Å². The molecule has 0 spiro atoms. The molecule has 0 N–H and O–H groups in total. The number of aryl methyl sites for hydroxylation is 2. The predicted molar refractivity (Wildman–Crippen MR) is 114 cm³/mol. The van der Waals surface area contributed by atoms with E-state index in [1.54, 1.807) is 32.0 Å². The molecule has 1 saturated heterocycles. The van der Waals surface area contributed by atoms with Gasteiger partial charge in [-0.05, 0) is 32.4 Å². The van der Waals surface area contributed by atoms with Crippen molar-refractivity contribution < 1.29 is 26.2 Å². The highest BCUT2D eigenvalue weighted by Crippen LogP contribution is 2.25. The summed E-state index contributed by atoms with van der Waals surface area (Å²) in [5.41, 5.74) is 0.688. The Morgan fingerprint density at radius 2 is 1.81 bits per heavy atom. The first kappa shape index (κ1) is 22.4. The summed E-state index contributed by atoms with van der Waals surface area (Å²) in [7, 11) is -7.49. The van der Waals surface area contributed by atoms with Crippen LogP contribution >= 0.6 is 0 Å². The minimum absolute atomic E-state index is 0.0213. The van der Waals surface area contributed by atoms with Crippen molar-refractivity contribution in [3.8, 4) is 0 Å². The van der Waals surface area contributed by atoms with E-state index in [9.17, 15) is 21.6 Å². The van der Waals surface area contributed by atoms with Gasteiger partial charge in [0.05, 0.1) is 5.52 Å². The monoisotopic (exact) mass is 481 g/mol. The number of pyridine rings is 1. The maximum atomic E-state index is 13.3. The smallest absolute Gasteiger partial charge is 0.274 e. The molecule has 0 saturated carbocycles. The van der Waals surface area contributed by atoms with Crippen LogP contribution in [-0.2, 0) is 19.9 Å². The number of nitrogens with zero attached hydrogens (tertiary/aromatic N) is 5. The van der Waals surface area contributed by atoms with Gasteiger partial charge in [-0.3, -0.25) is 9.20 Å². The zero-order valence-electron chi connectivity index (χ0n) is 17.8. The van der Waals surface area contributed by atoms with E-state index < -0.39 is 25.8 Å². The van der Waals surface area contributed by atoms with Crippen LogP contribution in [0, 0.1) is 13.8 Å². The first-order chi connectivity index (χ1) is 15.0. The quantitative estimate of drug-likeness (QED) is 0.536. The molecule has 1 aliphatic heterocycles. The van der Waals surface area contributed by atoms with Crippen LogP contribution in [0.3, 0.4) is 0 Å². The van der Waals surface area contributed by atoms with Gasteiger partial charge in [0, 0.05) is 38.6 Å². The zero-order valence-corrected chi connectivity index (χ0v) is 19.5. The van der Waals surface area contributed by atoms with Crippen LogP contribution in [0.1, 0.15) is 28.4 Å². The normalized spacial score (nSPS) is 16.4. The second-order valence-corrected chi connectivity index (χ2v) is 11.5. The highest BCUT2D eigenvalue weighted by Gasteiger charge is 2.34. The molecular formula is C19H23N5O6S2. The van der Waals surface area contributed by atoms with Gasteiger partial charge in [-0.1, -0.05) is 11.2 Å². The molecule has 1 aliphatic rings. The first-order valence-electron chi connectivity index (χ1n) is 9.91. The maximum absolute atomic E-state index is 13.3. The van der Waals surface area contributed by atoms with Gasteiger partial charge >= 0.3 is 0 Å². The standard InChI is InChI=1S/C19H23N5O6S2/c1-13-17(14(2)30-21-13)32(28,29)23-9-6-8-22(11-12-23)18(25)16-15-7-4-5-10-24(15)19(20-16)31(3,26)27/h4-5,7,10H,6,8-9,11-12H2,1-3H3. The Morgan fingerprint density at radius 1 is 1.06 bits per heavy atom. The van der Waals surface area contributed by atoms with Crippen LogP contribution in [0.4, 0.5) is 0 Å². The number of hydrogen-bond acceptors (Lipinski definition) is 8. The number of carbonyl (C=O) groups excluding carboxylic acids is 1. The van der Waals surface area contributed by atoms with Gasteiger partial charge in [0.25, 0.3) is 5.91 Å². The molecule has 4 rings (SSSR count). The van der Waals surface area contributed by atoms with Gasteiger partial charge in [0.2, 0.25) is 25.0 Å². The number of aromatic nitrogens is 3. The van der Waals surface area contributed by atoms with E-state index in [2.05, 4.69) is 10.1 Å². The van der Waals surface area contributed by atoms with Crippen molar-refractivity contribution in [2.75, 3.05) is 32.4 Å². The molecule has 0 unspecified atom stereocenters. The van der Waals surface area contributed by atoms with Gasteiger partial charge < -0.3 is 9.42 Å². The summed E-state index contributed by atoms with van der Waals surface area (Å²) >= 11 is 0. The van der Waals surface area contributed by atoms with Crippen molar-refractivity contribution in [1.82, 2.24) is 23.7 Å². The van der Waals surface area contributed by atoms with E-state index in [1.807, 2.05) is 0 Å². The lowest BCUT2D eigenvalue weighted by atomic mass is 10.3. The third-order valence-corrected chi connectivity index (χ3v) is 8.45. The summed E-state index contributed by atoms with van der Waals surface area (Å²) in [6.07, 6.45) is 2.99. The minimum Gasteiger partial charge on any atom is -0.360 e. The molecule has 0 aliphatic carbocycles. The van der Waals surface area contributed by atoms with E-state index in [0.29, 0.717) is 18.5 Å². The largest absolute Gasteiger partial charge is 0.360 e. The van der Waals surface area contributed by atoms with E-state index in [1.165, 1.54) is 19.8 Å². The SMILES string of the molecule is Cc1noc(C)c1S(=O)(=O)N1CCCN(C(=O)c2nc(S(C)(=O)=O)n3ccccc23)CC1. The lowest BCUT2D eigenvalue weighted by Crippen LogP contribution is -2.37. The van der Waals surface area contributed by atoms with E-state index in [-0.39, 0.29) is 46.8 Å². The number of sulfonamides is 1. The minimum atomic E-state index is -3.83. The molecule has 0 aromatic carbocycles. The molecule has 11 nitrogen and oxygen atoms in total. The number of fused-ring (bicyclic) bond motifs is 1. The summed E-state index contributed by atoms with van der Waals surface area (Å²) in [4.78, 5) is 18.9. The summed E-state index contributed by atoms with van der Waals surface area (Å²) in [6, 6.07) is 4.97. The molecule has 13 heteroatoms. The highest BCUT2D eigenvalue weighted by molar-refractivity contribution is 7.90. The fourth-order valence-electron chi connectivity index (χ4n) is 3.89. The Bertz CT molecular complexity index is 1390. The van der Waals surface area contributed by atoms with Crippen LogP contribution in [0.15, 0.2) is 39.0 Å². The maximum Gasteiger partial charge on any atom is 0.274 e. The number of imidazole rings is 1. The first-order valence-corrected chi connectivity index (χ1v) is 13.2. The molecule has 3 aromatic rings. The molecule has 32 heavy (non-hydrogen) atoms. The van der Waals surface area contributed by atoms with E-state index >= 15 is 0 Å². The third-order valence-electron chi connectivity index (χ3n) is 5.36. The van der Waals surface area contributed by atoms with Crippen LogP contribution in [0.2, 0.25) is 0 Å². The van der Waals surface area contributed by atoms with Crippen molar-refractivity contribution in [1.29, 1.82) is 0 Å². The van der Waals surface area contributed by atoms with Crippen LogP contribution < -0.4 is 0 Å². The fraction of sp³-hybridized carbons (Fsp3) is 0.421. The average molecular weight is 482 g/mol. The van der Waals surface area contributed by atoms with Crippen LogP contribution in [-0.4, -0.2) is 78.9 Å². The number of amides is 1. The number of hydrogen-bond donors (Lipinski definition) is 0. The molecule has 0 bridgehead atoms. The Balaban J connectivity index is 1.62. The van der Waals surface area contributed by atoms with E-state index in [0.717, 1.165) is 6.26 Å². The summed E-state index contributed by atoms with van der Waals surface area (Å²) in [5.74, 6) is -0.224. The molecule has 172 valence electrons. The third kappa shape index (κ3) is 3.80. The molecule has 0 atom stereocenters. The van der Waals surface area contributed by atoms with Gasteiger partial charge in [0.1, 0.15) is 10.6 Å². The van der Waals surface area contributed by atoms with Gasteiger partial charge in [-0.2, -0.15) is 4.31 Å². The topological polar surface area (TPSA) is 135 Å². The second kappa shape index (κ2) is 7.98. The Morgan fingerprint density at radius 3 is 2.47 bits per heavy atom. The molecule has 3 aromatic heterocycles. The number of carbonyl (C=O) groups is 1. The zero-order chi connectivity index (χ0) is 23.3. The molecule has 1 fully saturated rings. The highest BCUT2D eigenvalue weighted by atomic mass is 32.2. The Labute approximate surface area is 185 Å². The molecule has 1 amide bonds. The lowest BCUT2D eigenvalue weighted by molar-refractivity contribution is 0.0760. The van der Waals surface area contributed by atoms with Crippen LogP contribution in [0.25, 0.3) is 5.52 Å². The molecule has 4 heterocycles. The van der Waals surface area contributed by atoms with Crippen molar-refractivity contribution in [2.45, 2.75) is 30.3 Å². The average Bonchev–Trinajstić information content (AvgIpc) is 3.17. The van der Waals surface area contributed by atoms with E-state index in [4.69, 9.17) is 4.52 Å². The van der Waals surface area contributed by atoms with Crippen LogP contribution in [0.5, 0.6) is 0 Å². The molecule has 0 radical (unpaired) electrons. The second-order valence-electron chi connectivity index (χ2n) is 7.67. The Kier molecular flexibility index (Phi) is 5.59. The van der Waals surface area contributed by atoms with Crippen molar-refractivity contribution in [3.63, 3.8) is 0 Å². The molecular weight excluding hydrogens is 458 g/mol. The van der Waals surface area contributed by atoms with Gasteiger partial charge in [0.15, 0.2) is 11.5 Å². The Hall–Kier alpha value is -2.77. The van der Waals surface area contributed by atoms with Crippen molar-refractivity contribution >= 4 is 31.3 Å². The van der Waals surface area contributed by atoms with Gasteiger partial charge in [-0.25, -0.2) is 21.8 Å². The number of rotatable bonds is 4. The fourth-order valence-corrected chi connectivity index (χ4v) is 6.42. The summed E-state index contributed by atoms with van der Waals surface area (Å²) in [5, 5.41) is 3.52. The predicted octanol–water partition coefficient (Wildman–Crippen LogP) is 0.879. The summed E-state index contributed by atoms with van der Waals surface area (Å²) in [6.45, 7) is 3.88.